The van der Waals surface area contributed by atoms with E-state index >= 15 is 0 Å². The van der Waals surface area contributed by atoms with Crippen molar-refractivity contribution < 1.29 is 14.7 Å². The van der Waals surface area contributed by atoms with E-state index in [4.69, 9.17) is 5.11 Å². The molecule has 82 valence electrons. The number of rotatable bonds is 4. The summed E-state index contributed by atoms with van der Waals surface area (Å²) in [6.07, 6.45) is 0. The first-order chi connectivity index (χ1) is 6.22. The van der Waals surface area contributed by atoms with E-state index in [2.05, 4.69) is 5.32 Å². The minimum Gasteiger partial charge on any atom is -0.480 e. The van der Waals surface area contributed by atoms with Crippen LogP contribution in [-0.4, -0.2) is 33.5 Å². The maximum absolute atomic E-state index is 11.2. The zero-order valence-electron chi connectivity index (χ0n) is 8.96. The number of hydrogen-bond donors (Lipinski definition) is 2. The average Bonchev–Trinajstić information content (AvgIpc) is 1.99. The Kier molecular flexibility index (Phi) is 4.97. The predicted octanol–water partition coefficient (Wildman–Crippen LogP) is 1.11. The molecule has 4 nitrogen and oxygen atoms in total. The first kappa shape index (κ1) is 13.3. The van der Waals surface area contributed by atoms with Crippen LogP contribution in [0.5, 0.6) is 0 Å². The Balaban J connectivity index is 3.83. The molecule has 0 heterocycles. The van der Waals surface area contributed by atoms with Crippen molar-refractivity contribution in [2.75, 3.05) is 5.75 Å². The van der Waals surface area contributed by atoms with Gasteiger partial charge >= 0.3 is 5.97 Å². The molecule has 0 aromatic heterocycles. The molecule has 0 unspecified atom stereocenters. The Morgan fingerprint density at radius 1 is 1.43 bits per heavy atom. The van der Waals surface area contributed by atoms with Crippen LogP contribution in [-0.2, 0) is 9.59 Å². The van der Waals surface area contributed by atoms with Crippen LogP contribution in [0.25, 0.3) is 0 Å². The summed E-state index contributed by atoms with van der Waals surface area (Å²) in [6, 6.07) is -0.817. The number of carboxylic acids is 1. The van der Waals surface area contributed by atoms with E-state index in [-0.39, 0.29) is 10.7 Å². The molecule has 0 saturated carbocycles. The van der Waals surface area contributed by atoms with Gasteiger partial charge in [-0.1, -0.05) is 20.8 Å². The van der Waals surface area contributed by atoms with Crippen LogP contribution in [0.15, 0.2) is 0 Å². The molecule has 0 spiro atoms. The zero-order chi connectivity index (χ0) is 11.4. The van der Waals surface area contributed by atoms with Crippen LogP contribution in [0.3, 0.4) is 0 Å². The molecule has 1 atom stereocenters. The lowest BCUT2D eigenvalue weighted by Gasteiger charge is -2.17. The number of carbonyl (C=O) groups is 2. The summed E-state index contributed by atoms with van der Waals surface area (Å²) in [7, 11) is 0. The van der Waals surface area contributed by atoms with Gasteiger partial charge in [0.25, 0.3) is 0 Å². The van der Waals surface area contributed by atoms with Crippen LogP contribution >= 0.6 is 11.8 Å². The van der Waals surface area contributed by atoms with Gasteiger partial charge in [0.05, 0.1) is 5.75 Å². The van der Waals surface area contributed by atoms with Gasteiger partial charge in [-0.15, -0.1) is 11.8 Å². The van der Waals surface area contributed by atoms with Crippen molar-refractivity contribution in [2.45, 2.75) is 38.5 Å². The number of nitrogens with one attached hydrogen (secondary N) is 1. The second kappa shape index (κ2) is 5.24. The summed E-state index contributed by atoms with van der Waals surface area (Å²) < 4.78 is 0.0177. The molecule has 0 aromatic carbocycles. The minimum absolute atomic E-state index is 0.0177. The third-order valence-electron chi connectivity index (χ3n) is 1.38. The van der Waals surface area contributed by atoms with Gasteiger partial charge in [0.15, 0.2) is 0 Å². The van der Waals surface area contributed by atoms with Crippen molar-refractivity contribution in [3.05, 3.63) is 0 Å². The summed E-state index contributed by atoms with van der Waals surface area (Å²) in [5.41, 5.74) is 0. The number of hydrogen-bond acceptors (Lipinski definition) is 3. The van der Waals surface area contributed by atoms with E-state index in [1.165, 1.54) is 18.7 Å². The van der Waals surface area contributed by atoms with Gasteiger partial charge in [-0.2, -0.15) is 0 Å². The summed E-state index contributed by atoms with van der Waals surface area (Å²) in [6.45, 7) is 7.46. The second-order valence-electron chi connectivity index (χ2n) is 4.03. The molecule has 5 heteroatoms. The monoisotopic (exact) mass is 219 g/mol. The van der Waals surface area contributed by atoms with E-state index in [0.717, 1.165) is 0 Å². The van der Waals surface area contributed by atoms with Crippen molar-refractivity contribution >= 4 is 23.6 Å². The molecule has 0 aromatic rings. The summed E-state index contributed by atoms with van der Waals surface area (Å²) in [5, 5.41) is 10.9. The fourth-order valence-electron chi connectivity index (χ4n) is 0.627. The molecule has 0 radical (unpaired) electrons. The molecule has 0 saturated heterocycles. The van der Waals surface area contributed by atoms with Gasteiger partial charge in [-0.25, -0.2) is 0 Å². The van der Waals surface area contributed by atoms with E-state index in [1.54, 1.807) is 0 Å². The lowest BCUT2D eigenvalue weighted by atomic mass is 10.3. The smallest absolute Gasteiger partial charge is 0.325 e. The van der Waals surface area contributed by atoms with Crippen LogP contribution in [0.2, 0.25) is 0 Å². The Labute approximate surface area is 88.4 Å². The van der Waals surface area contributed by atoms with Crippen LogP contribution in [0, 0.1) is 0 Å². The molecule has 0 aliphatic rings. The highest BCUT2D eigenvalue weighted by Crippen LogP contribution is 2.22. The minimum atomic E-state index is -1.01. The van der Waals surface area contributed by atoms with E-state index in [1.807, 2.05) is 20.8 Å². The quantitative estimate of drug-likeness (QED) is 0.743. The van der Waals surface area contributed by atoms with Crippen molar-refractivity contribution in [3.8, 4) is 0 Å². The fraction of sp³-hybridized carbons (Fsp3) is 0.778. The molecular weight excluding hydrogens is 202 g/mol. The van der Waals surface area contributed by atoms with Crippen molar-refractivity contribution in [1.82, 2.24) is 5.32 Å². The molecule has 0 bridgehead atoms. The molecule has 0 rings (SSSR count). The standard InChI is InChI=1S/C9H17NO3S/c1-6(8(12)13)10-7(11)5-14-9(2,3)4/h6H,5H2,1-4H3,(H,10,11)(H,12,13)/t6-/m0/s1. The summed E-state index contributed by atoms with van der Waals surface area (Å²) in [5.74, 6) is -0.958. The third kappa shape index (κ3) is 6.77. The largest absolute Gasteiger partial charge is 0.480 e. The number of amides is 1. The maximum atomic E-state index is 11.2. The molecule has 0 aliphatic heterocycles. The molecule has 0 fully saturated rings. The Morgan fingerprint density at radius 2 is 1.93 bits per heavy atom. The van der Waals surface area contributed by atoms with E-state index in [0.29, 0.717) is 5.75 Å². The summed E-state index contributed by atoms with van der Waals surface area (Å²) >= 11 is 1.49. The Bertz CT molecular complexity index is 223. The maximum Gasteiger partial charge on any atom is 0.325 e. The van der Waals surface area contributed by atoms with Gasteiger partial charge < -0.3 is 10.4 Å². The predicted molar refractivity (Wildman–Crippen MR) is 57.5 cm³/mol. The van der Waals surface area contributed by atoms with Gasteiger partial charge in [0, 0.05) is 4.75 Å². The molecule has 0 aliphatic carbocycles. The highest BCUT2D eigenvalue weighted by molar-refractivity contribution is 8.01. The van der Waals surface area contributed by atoms with Crippen LogP contribution in [0.1, 0.15) is 27.7 Å². The number of thioether (sulfide) groups is 1. The lowest BCUT2D eigenvalue weighted by molar-refractivity contribution is -0.140. The van der Waals surface area contributed by atoms with Gasteiger partial charge in [0.2, 0.25) is 5.91 Å². The number of carbonyl (C=O) groups excluding carboxylic acids is 1. The first-order valence-electron chi connectivity index (χ1n) is 4.38. The molecule has 14 heavy (non-hydrogen) atoms. The lowest BCUT2D eigenvalue weighted by Crippen LogP contribution is -2.39. The molecule has 2 N–H and O–H groups in total. The second-order valence-corrected chi connectivity index (χ2v) is 5.83. The number of carboxylic acid groups (broad SMARTS) is 1. The summed E-state index contributed by atoms with van der Waals surface area (Å²) in [4.78, 5) is 21.6. The highest BCUT2D eigenvalue weighted by Gasteiger charge is 2.17. The zero-order valence-corrected chi connectivity index (χ0v) is 9.77. The third-order valence-corrected chi connectivity index (χ3v) is 2.66. The van der Waals surface area contributed by atoms with Gasteiger partial charge in [-0.05, 0) is 6.92 Å². The van der Waals surface area contributed by atoms with Crippen molar-refractivity contribution in [2.24, 2.45) is 0 Å². The first-order valence-corrected chi connectivity index (χ1v) is 5.37. The molecular formula is C9H17NO3S. The fourth-order valence-corrected chi connectivity index (χ4v) is 1.27. The average molecular weight is 219 g/mol. The molecule has 1 amide bonds. The van der Waals surface area contributed by atoms with Gasteiger partial charge in [-0.3, -0.25) is 9.59 Å². The Morgan fingerprint density at radius 3 is 2.29 bits per heavy atom. The van der Waals surface area contributed by atoms with Crippen LogP contribution < -0.4 is 5.32 Å². The van der Waals surface area contributed by atoms with Crippen LogP contribution in [0.4, 0.5) is 0 Å². The van der Waals surface area contributed by atoms with E-state index < -0.39 is 12.0 Å². The topological polar surface area (TPSA) is 66.4 Å². The van der Waals surface area contributed by atoms with Crippen molar-refractivity contribution in [3.63, 3.8) is 0 Å². The van der Waals surface area contributed by atoms with E-state index in [9.17, 15) is 9.59 Å². The van der Waals surface area contributed by atoms with Crippen molar-refractivity contribution in [1.29, 1.82) is 0 Å². The number of aliphatic carboxylic acids is 1. The Hall–Kier alpha value is -0.710. The normalized spacial score (nSPS) is 13.4. The highest BCUT2D eigenvalue weighted by atomic mass is 32.2. The van der Waals surface area contributed by atoms with Gasteiger partial charge in [0.1, 0.15) is 6.04 Å². The SMILES string of the molecule is C[C@H](NC(=O)CSC(C)(C)C)C(=O)O.